The number of esters is 1. The van der Waals surface area contributed by atoms with Crippen molar-refractivity contribution in [1.82, 2.24) is 5.32 Å². The van der Waals surface area contributed by atoms with Crippen LogP contribution in [0.1, 0.15) is 47.9 Å². The topological polar surface area (TPSA) is 55.4 Å². The highest BCUT2D eigenvalue weighted by Gasteiger charge is 2.26. The summed E-state index contributed by atoms with van der Waals surface area (Å²) in [6.07, 6.45) is 4.61. The third-order valence-corrected chi connectivity index (χ3v) is 5.88. The average molecular weight is 384 g/mol. The zero-order chi connectivity index (χ0) is 19.2. The highest BCUT2D eigenvalue weighted by molar-refractivity contribution is 7.98. The molecular weight excluding hydrogens is 358 g/mol. The van der Waals surface area contributed by atoms with Gasteiger partial charge in [0.2, 0.25) is 5.91 Å². The number of fused-ring (bicyclic) bond motifs is 1. The van der Waals surface area contributed by atoms with E-state index < -0.39 is 0 Å². The van der Waals surface area contributed by atoms with Crippen LogP contribution in [-0.4, -0.2) is 25.2 Å². The van der Waals surface area contributed by atoms with Crippen molar-refractivity contribution in [2.75, 3.05) is 13.4 Å². The van der Waals surface area contributed by atoms with E-state index in [1.807, 2.05) is 42.7 Å². The molecule has 27 heavy (non-hydrogen) atoms. The Hall–Kier alpha value is -2.27. The van der Waals surface area contributed by atoms with Crippen LogP contribution >= 0.6 is 11.8 Å². The van der Waals surface area contributed by atoms with E-state index in [4.69, 9.17) is 4.74 Å². The molecule has 2 aromatic carbocycles. The molecule has 1 N–H and O–H groups in total. The molecule has 0 bridgehead atoms. The van der Waals surface area contributed by atoms with Crippen LogP contribution in [0.2, 0.25) is 0 Å². The zero-order valence-corrected chi connectivity index (χ0v) is 16.6. The van der Waals surface area contributed by atoms with Crippen LogP contribution in [0.3, 0.4) is 0 Å². The van der Waals surface area contributed by atoms with Crippen molar-refractivity contribution in [3.63, 3.8) is 0 Å². The van der Waals surface area contributed by atoms with Crippen molar-refractivity contribution in [1.29, 1.82) is 0 Å². The van der Waals surface area contributed by atoms with E-state index in [-0.39, 0.29) is 30.3 Å². The number of benzene rings is 2. The Morgan fingerprint density at radius 2 is 1.93 bits per heavy atom. The normalized spacial score (nSPS) is 16.4. The van der Waals surface area contributed by atoms with Crippen LogP contribution in [0.15, 0.2) is 53.4 Å². The third-order valence-electron chi connectivity index (χ3n) is 5.14. The first-order chi connectivity index (χ1) is 13.1. The van der Waals surface area contributed by atoms with Crippen LogP contribution in [0.4, 0.5) is 0 Å². The Morgan fingerprint density at radius 1 is 1.19 bits per heavy atom. The van der Waals surface area contributed by atoms with E-state index >= 15 is 0 Å². The van der Waals surface area contributed by atoms with E-state index in [9.17, 15) is 9.59 Å². The van der Waals surface area contributed by atoms with Crippen molar-refractivity contribution in [2.24, 2.45) is 0 Å². The number of amides is 1. The quantitative estimate of drug-likeness (QED) is 0.574. The molecule has 2 aromatic rings. The molecule has 0 aliphatic heterocycles. The van der Waals surface area contributed by atoms with Gasteiger partial charge in [0.15, 0.2) is 0 Å². The van der Waals surface area contributed by atoms with Crippen molar-refractivity contribution in [2.45, 2.75) is 42.5 Å². The smallest absolute Gasteiger partial charge is 0.307 e. The summed E-state index contributed by atoms with van der Waals surface area (Å²) in [5.74, 6) is -0.112. The molecule has 3 rings (SSSR count). The van der Waals surface area contributed by atoms with Gasteiger partial charge >= 0.3 is 5.97 Å². The maximum absolute atomic E-state index is 12.7. The van der Waals surface area contributed by atoms with Gasteiger partial charge in [0, 0.05) is 11.3 Å². The lowest BCUT2D eigenvalue weighted by Gasteiger charge is -2.20. The van der Waals surface area contributed by atoms with Gasteiger partial charge in [0.05, 0.1) is 19.6 Å². The summed E-state index contributed by atoms with van der Waals surface area (Å²) in [5, 5.41) is 3.05. The summed E-state index contributed by atoms with van der Waals surface area (Å²) in [6.45, 7) is 0. The molecule has 1 amide bonds. The molecule has 4 nitrogen and oxygen atoms in total. The lowest BCUT2D eigenvalue weighted by atomic mass is 9.96. The standard InChI is InChI=1S/C22H25NO3S/c1-26-22(25)14-20(16-9-11-18(27-2)12-10-16)23-21(24)13-17-8-7-15-5-3-4-6-19(15)17/h3-6,9-12,17,20H,7-8,13-14H2,1-2H3,(H,23,24). The number of carbonyl (C=O) groups excluding carboxylic acids is 2. The minimum Gasteiger partial charge on any atom is -0.469 e. The molecule has 5 heteroatoms. The first kappa shape index (κ1) is 19.5. The van der Waals surface area contributed by atoms with Crippen LogP contribution < -0.4 is 5.32 Å². The summed E-state index contributed by atoms with van der Waals surface area (Å²) >= 11 is 1.66. The number of rotatable bonds is 7. The Morgan fingerprint density at radius 3 is 2.63 bits per heavy atom. The fourth-order valence-corrected chi connectivity index (χ4v) is 4.08. The molecule has 0 spiro atoms. The van der Waals surface area contributed by atoms with Crippen LogP contribution in [0.5, 0.6) is 0 Å². The van der Waals surface area contributed by atoms with Gasteiger partial charge in [-0.2, -0.15) is 0 Å². The molecule has 1 aliphatic rings. The SMILES string of the molecule is COC(=O)CC(NC(=O)CC1CCc2ccccc21)c1ccc(SC)cc1. The number of aryl methyl sites for hydroxylation is 1. The summed E-state index contributed by atoms with van der Waals surface area (Å²) in [5.41, 5.74) is 3.54. The van der Waals surface area contributed by atoms with Gasteiger partial charge in [-0.15, -0.1) is 11.8 Å². The summed E-state index contributed by atoms with van der Waals surface area (Å²) in [4.78, 5) is 25.7. The fourth-order valence-electron chi connectivity index (χ4n) is 3.67. The lowest BCUT2D eigenvalue weighted by Crippen LogP contribution is -2.31. The molecule has 0 radical (unpaired) electrons. The monoisotopic (exact) mass is 383 g/mol. The molecule has 2 atom stereocenters. The molecule has 0 fully saturated rings. The van der Waals surface area contributed by atoms with Gasteiger partial charge in [-0.05, 0) is 53.8 Å². The largest absolute Gasteiger partial charge is 0.469 e. The molecule has 142 valence electrons. The van der Waals surface area contributed by atoms with Gasteiger partial charge in [0.1, 0.15) is 0 Å². The van der Waals surface area contributed by atoms with E-state index in [0.717, 1.165) is 23.3 Å². The summed E-state index contributed by atoms with van der Waals surface area (Å²) < 4.78 is 4.81. The van der Waals surface area contributed by atoms with Gasteiger partial charge in [-0.1, -0.05) is 36.4 Å². The maximum atomic E-state index is 12.7. The predicted molar refractivity (Wildman–Crippen MR) is 108 cm³/mol. The number of hydrogen-bond acceptors (Lipinski definition) is 4. The lowest BCUT2D eigenvalue weighted by molar-refractivity contribution is -0.141. The zero-order valence-electron chi connectivity index (χ0n) is 15.7. The molecule has 0 saturated carbocycles. The number of hydrogen-bond donors (Lipinski definition) is 1. The van der Waals surface area contributed by atoms with Gasteiger partial charge in [-0.3, -0.25) is 9.59 Å². The minimum absolute atomic E-state index is 0.0282. The van der Waals surface area contributed by atoms with Gasteiger partial charge in [-0.25, -0.2) is 0 Å². The second-order valence-corrected chi connectivity index (χ2v) is 7.69. The maximum Gasteiger partial charge on any atom is 0.307 e. The second kappa shape index (κ2) is 9.09. The number of thioether (sulfide) groups is 1. The van der Waals surface area contributed by atoms with Crippen LogP contribution in [0.25, 0.3) is 0 Å². The summed E-state index contributed by atoms with van der Waals surface area (Å²) in [7, 11) is 1.37. The second-order valence-electron chi connectivity index (χ2n) is 6.81. The van der Waals surface area contributed by atoms with Crippen molar-refractivity contribution in [3.05, 3.63) is 65.2 Å². The Labute approximate surface area is 164 Å². The Bertz CT molecular complexity index is 803. The number of carbonyl (C=O) groups is 2. The molecular formula is C22H25NO3S. The molecule has 1 aliphatic carbocycles. The van der Waals surface area contributed by atoms with Gasteiger partial charge < -0.3 is 10.1 Å². The molecule has 0 heterocycles. The predicted octanol–water partition coefficient (Wildman–Crippen LogP) is 4.25. The van der Waals surface area contributed by atoms with E-state index in [0.29, 0.717) is 6.42 Å². The third kappa shape index (κ3) is 4.92. The molecule has 0 aromatic heterocycles. The van der Waals surface area contributed by atoms with Crippen LogP contribution in [0, 0.1) is 0 Å². The minimum atomic E-state index is -0.377. The Kier molecular flexibility index (Phi) is 6.56. The number of nitrogens with one attached hydrogen (secondary N) is 1. The average Bonchev–Trinajstić information content (AvgIpc) is 3.10. The van der Waals surface area contributed by atoms with Gasteiger partial charge in [0.25, 0.3) is 0 Å². The van der Waals surface area contributed by atoms with E-state index in [1.54, 1.807) is 11.8 Å². The van der Waals surface area contributed by atoms with E-state index in [2.05, 4.69) is 17.4 Å². The van der Waals surface area contributed by atoms with Crippen molar-refractivity contribution < 1.29 is 14.3 Å². The van der Waals surface area contributed by atoms with E-state index in [1.165, 1.54) is 18.2 Å². The Balaban J connectivity index is 1.69. The number of methoxy groups -OCH3 is 1. The van der Waals surface area contributed by atoms with Crippen molar-refractivity contribution >= 4 is 23.6 Å². The first-order valence-corrected chi connectivity index (χ1v) is 10.4. The van der Waals surface area contributed by atoms with Crippen molar-refractivity contribution in [3.8, 4) is 0 Å². The fraction of sp³-hybridized carbons (Fsp3) is 0.364. The number of ether oxygens (including phenoxy) is 1. The highest BCUT2D eigenvalue weighted by Crippen LogP contribution is 2.35. The van der Waals surface area contributed by atoms with Crippen LogP contribution in [-0.2, 0) is 20.7 Å². The molecule has 0 saturated heterocycles. The first-order valence-electron chi connectivity index (χ1n) is 9.18. The summed E-state index contributed by atoms with van der Waals surface area (Å²) in [6, 6.07) is 15.9. The molecule has 2 unspecified atom stereocenters. The highest BCUT2D eigenvalue weighted by atomic mass is 32.2.